The lowest BCUT2D eigenvalue weighted by atomic mass is 10.1. The zero-order valence-corrected chi connectivity index (χ0v) is 8.69. The fourth-order valence-corrected chi connectivity index (χ4v) is 1.68. The summed E-state index contributed by atoms with van der Waals surface area (Å²) in [4.78, 5) is 22.0. The second-order valence-corrected chi connectivity index (χ2v) is 3.71. The Labute approximate surface area is 91.8 Å². The van der Waals surface area contributed by atoms with Crippen molar-refractivity contribution in [1.29, 1.82) is 0 Å². The third-order valence-electron chi connectivity index (χ3n) is 2.45. The molecule has 1 heterocycles. The van der Waals surface area contributed by atoms with E-state index in [1.165, 1.54) is 12.1 Å². The summed E-state index contributed by atoms with van der Waals surface area (Å²) in [6.07, 6.45) is 0. The van der Waals surface area contributed by atoms with Gasteiger partial charge in [0.25, 0.3) is 11.6 Å². The minimum Gasteiger partial charge on any atom is -0.377 e. The Hall–Kier alpha value is -2.11. The Morgan fingerprint density at radius 2 is 2.25 bits per heavy atom. The third kappa shape index (κ3) is 1.69. The molecule has 1 amide bonds. The van der Waals surface area contributed by atoms with Crippen LogP contribution in [-0.2, 0) is 0 Å². The number of nitrogens with one attached hydrogen (secondary N) is 2. The SMILES string of the molecule is C[C@H]1CNc2c(cccc2[N+](=O)[O-])C(=O)N1. The van der Waals surface area contributed by atoms with Crippen molar-refractivity contribution >= 4 is 17.3 Å². The Balaban J connectivity index is 2.54. The lowest BCUT2D eigenvalue weighted by Gasteiger charge is -2.08. The van der Waals surface area contributed by atoms with Crippen LogP contribution in [0.15, 0.2) is 18.2 Å². The molecule has 0 radical (unpaired) electrons. The third-order valence-corrected chi connectivity index (χ3v) is 2.45. The summed E-state index contributed by atoms with van der Waals surface area (Å²) in [5.74, 6) is -0.281. The van der Waals surface area contributed by atoms with E-state index in [1.54, 1.807) is 6.07 Å². The second-order valence-electron chi connectivity index (χ2n) is 3.71. The van der Waals surface area contributed by atoms with Crippen LogP contribution >= 0.6 is 0 Å². The molecule has 2 rings (SSSR count). The standard InChI is InChI=1S/C10H11N3O3/c1-6-5-11-9-7(10(14)12-6)3-2-4-8(9)13(15)16/h2-4,6,11H,5H2,1H3,(H,12,14)/t6-/m0/s1. The molecule has 0 saturated carbocycles. The summed E-state index contributed by atoms with van der Waals surface area (Å²) in [7, 11) is 0. The lowest BCUT2D eigenvalue weighted by Crippen LogP contribution is -2.34. The number of nitro benzene ring substituents is 1. The first-order valence-corrected chi connectivity index (χ1v) is 4.91. The molecule has 6 heteroatoms. The van der Waals surface area contributed by atoms with Crippen molar-refractivity contribution in [2.75, 3.05) is 11.9 Å². The van der Waals surface area contributed by atoms with E-state index in [0.717, 1.165) is 0 Å². The molecule has 0 unspecified atom stereocenters. The highest BCUT2D eigenvalue weighted by Gasteiger charge is 2.25. The van der Waals surface area contributed by atoms with Crippen LogP contribution in [0.4, 0.5) is 11.4 Å². The first-order valence-electron chi connectivity index (χ1n) is 4.91. The molecule has 0 aliphatic carbocycles. The van der Waals surface area contributed by atoms with E-state index in [2.05, 4.69) is 10.6 Å². The van der Waals surface area contributed by atoms with Gasteiger partial charge in [-0.25, -0.2) is 0 Å². The van der Waals surface area contributed by atoms with Crippen LogP contribution < -0.4 is 10.6 Å². The summed E-state index contributed by atoms with van der Waals surface area (Å²) in [5.41, 5.74) is 0.551. The molecule has 0 fully saturated rings. The lowest BCUT2D eigenvalue weighted by molar-refractivity contribution is -0.384. The minimum atomic E-state index is -0.491. The molecular formula is C10H11N3O3. The Morgan fingerprint density at radius 3 is 2.94 bits per heavy atom. The molecule has 0 bridgehead atoms. The second kappa shape index (κ2) is 3.80. The molecule has 0 spiro atoms. The van der Waals surface area contributed by atoms with Gasteiger partial charge in [0.2, 0.25) is 0 Å². The number of hydrogen-bond donors (Lipinski definition) is 2. The Bertz CT molecular complexity index is 459. The molecular weight excluding hydrogens is 210 g/mol. The topological polar surface area (TPSA) is 84.3 Å². The minimum absolute atomic E-state index is 0.0560. The largest absolute Gasteiger partial charge is 0.377 e. The van der Waals surface area contributed by atoms with Crippen LogP contribution in [0.3, 0.4) is 0 Å². The van der Waals surface area contributed by atoms with E-state index >= 15 is 0 Å². The quantitative estimate of drug-likeness (QED) is 0.550. The van der Waals surface area contributed by atoms with Gasteiger partial charge in [0.05, 0.1) is 10.5 Å². The summed E-state index contributed by atoms with van der Waals surface area (Å²) >= 11 is 0. The summed E-state index contributed by atoms with van der Waals surface area (Å²) in [5, 5.41) is 16.5. The highest BCUT2D eigenvalue weighted by molar-refractivity contribution is 6.02. The van der Waals surface area contributed by atoms with E-state index in [9.17, 15) is 14.9 Å². The molecule has 1 aromatic carbocycles. The van der Waals surface area contributed by atoms with Crippen molar-refractivity contribution in [3.63, 3.8) is 0 Å². The number of nitro groups is 1. The number of carbonyl (C=O) groups is 1. The van der Waals surface area contributed by atoms with Gasteiger partial charge in [-0.2, -0.15) is 0 Å². The van der Waals surface area contributed by atoms with Gasteiger partial charge in [0, 0.05) is 18.7 Å². The number of amides is 1. The summed E-state index contributed by atoms with van der Waals surface area (Å²) in [6, 6.07) is 4.41. The van der Waals surface area contributed by atoms with Gasteiger partial charge in [-0.3, -0.25) is 14.9 Å². The molecule has 1 atom stereocenters. The predicted molar refractivity (Wildman–Crippen MR) is 58.5 cm³/mol. The predicted octanol–water partition coefficient (Wildman–Crippen LogP) is 1.14. The van der Waals surface area contributed by atoms with Crippen molar-refractivity contribution in [2.45, 2.75) is 13.0 Å². The van der Waals surface area contributed by atoms with Crippen LogP contribution in [0.5, 0.6) is 0 Å². The van der Waals surface area contributed by atoms with Crippen LogP contribution in [0.1, 0.15) is 17.3 Å². The fraction of sp³-hybridized carbons (Fsp3) is 0.300. The average molecular weight is 221 g/mol. The normalized spacial score (nSPS) is 19.1. The number of fused-ring (bicyclic) bond motifs is 1. The van der Waals surface area contributed by atoms with Crippen molar-refractivity contribution in [3.8, 4) is 0 Å². The van der Waals surface area contributed by atoms with Gasteiger partial charge in [0.15, 0.2) is 0 Å². The maximum atomic E-state index is 11.7. The molecule has 1 aliphatic heterocycles. The molecule has 1 aliphatic rings. The van der Waals surface area contributed by atoms with Crippen molar-refractivity contribution in [1.82, 2.24) is 5.32 Å². The number of rotatable bonds is 1. The highest BCUT2D eigenvalue weighted by atomic mass is 16.6. The number of hydrogen-bond acceptors (Lipinski definition) is 4. The van der Waals surface area contributed by atoms with Crippen LogP contribution in [0.2, 0.25) is 0 Å². The van der Waals surface area contributed by atoms with E-state index in [1.807, 2.05) is 6.92 Å². The van der Waals surface area contributed by atoms with E-state index in [-0.39, 0.29) is 17.6 Å². The van der Waals surface area contributed by atoms with Crippen LogP contribution in [0, 0.1) is 10.1 Å². The van der Waals surface area contributed by atoms with Crippen molar-refractivity contribution < 1.29 is 9.72 Å². The van der Waals surface area contributed by atoms with Gasteiger partial charge in [-0.05, 0) is 13.0 Å². The molecule has 1 aromatic rings. The molecule has 0 saturated heterocycles. The molecule has 16 heavy (non-hydrogen) atoms. The molecule has 6 nitrogen and oxygen atoms in total. The molecule has 2 N–H and O–H groups in total. The van der Waals surface area contributed by atoms with Crippen LogP contribution in [0.25, 0.3) is 0 Å². The molecule has 84 valence electrons. The maximum Gasteiger partial charge on any atom is 0.293 e. The van der Waals surface area contributed by atoms with Gasteiger partial charge >= 0.3 is 0 Å². The number of para-hydroxylation sites is 1. The van der Waals surface area contributed by atoms with Gasteiger partial charge < -0.3 is 10.6 Å². The van der Waals surface area contributed by atoms with Crippen molar-refractivity contribution in [2.24, 2.45) is 0 Å². The Kier molecular flexibility index (Phi) is 2.47. The number of benzene rings is 1. The number of carbonyl (C=O) groups excluding carboxylic acids is 1. The maximum absolute atomic E-state index is 11.7. The smallest absolute Gasteiger partial charge is 0.293 e. The van der Waals surface area contributed by atoms with Crippen molar-refractivity contribution in [3.05, 3.63) is 33.9 Å². The number of anilines is 1. The first kappa shape index (κ1) is 10.4. The Morgan fingerprint density at radius 1 is 1.50 bits per heavy atom. The van der Waals surface area contributed by atoms with E-state index < -0.39 is 4.92 Å². The zero-order valence-electron chi connectivity index (χ0n) is 8.69. The summed E-state index contributed by atoms with van der Waals surface area (Å²) in [6.45, 7) is 2.31. The monoisotopic (exact) mass is 221 g/mol. The molecule has 0 aromatic heterocycles. The van der Waals surface area contributed by atoms with E-state index in [0.29, 0.717) is 17.8 Å². The van der Waals surface area contributed by atoms with E-state index in [4.69, 9.17) is 0 Å². The highest BCUT2D eigenvalue weighted by Crippen LogP contribution is 2.29. The van der Waals surface area contributed by atoms with Gasteiger partial charge in [0.1, 0.15) is 5.69 Å². The van der Waals surface area contributed by atoms with Gasteiger partial charge in [-0.1, -0.05) is 6.07 Å². The van der Waals surface area contributed by atoms with Crippen LogP contribution in [-0.4, -0.2) is 23.4 Å². The zero-order chi connectivity index (χ0) is 11.7. The van der Waals surface area contributed by atoms with Gasteiger partial charge in [-0.15, -0.1) is 0 Å². The average Bonchev–Trinajstić information content (AvgIpc) is 2.38. The fourth-order valence-electron chi connectivity index (χ4n) is 1.68. The first-order chi connectivity index (χ1) is 7.59. The number of nitrogens with zero attached hydrogens (tertiary/aromatic N) is 1. The summed E-state index contributed by atoms with van der Waals surface area (Å²) < 4.78 is 0.